The van der Waals surface area contributed by atoms with E-state index in [2.05, 4.69) is 6.07 Å². The molecule has 0 aromatic heterocycles. The summed E-state index contributed by atoms with van der Waals surface area (Å²) < 4.78 is 0. The minimum atomic E-state index is -0.241. The number of likely N-dealkylation sites (tertiary alicyclic amines) is 1. The first-order chi connectivity index (χ1) is 6.88. The summed E-state index contributed by atoms with van der Waals surface area (Å²) in [6.07, 6.45) is 3.02. The molecule has 15 heavy (non-hydrogen) atoms. The number of carbonyl (C=O) groups is 1. The van der Waals surface area contributed by atoms with E-state index in [1.54, 1.807) is 16.0 Å². The Morgan fingerprint density at radius 3 is 2.53 bits per heavy atom. The van der Waals surface area contributed by atoms with Crippen LogP contribution in [0.5, 0.6) is 0 Å². The second-order valence-corrected chi connectivity index (χ2v) is 4.63. The van der Waals surface area contributed by atoms with Crippen LogP contribution in [0.1, 0.15) is 26.7 Å². The lowest BCUT2D eigenvalue weighted by atomic mass is 10.0. The highest BCUT2D eigenvalue weighted by atomic mass is 16.2. The Bertz CT molecular complexity index is 336. The summed E-state index contributed by atoms with van der Waals surface area (Å²) in [4.78, 5) is 15.1. The summed E-state index contributed by atoms with van der Waals surface area (Å²) in [6.45, 7) is 3.97. The average molecular weight is 207 g/mol. The van der Waals surface area contributed by atoms with E-state index >= 15 is 0 Å². The number of amides is 1. The highest BCUT2D eigenvalue weighted by Crippen LogP contribution is 2.32. The molecule has 1 aliphatic heterocycles. The molecule has 1 rings (SSSR count). The minimum absolute atomic E-state index is 0.0367. The van der Waals surface area contributed by atoms with Crippen molar-refractivity contribution in [1.82, 2.24) is 9.80 Å². The number of hydrogen-bond donors (Lipinski definition) is 0. The molecule has 4 heteroatoms. The van der Waals surface area contributed by atoms with Gasteiger partial charge in [0, 0.05) is 32.3 Å². The first kappa shape index (κ1) is 11.6. The number of rotatable bonds is 2. The Morgan fingerprint density at radius 2 is 2.20 bits per heavy atom. The van der Waals surface area contributed by atoms with Crippen LogP contribution in [-0.4, -0.2) is 35.3 Å². The summed E-state index contributed by atoms with van der Waals surface area (Å²) in [5.74, 6) is 0.0367. The smallest absolute Gasteiger partial charge is 0.228 e. The van der Waals surface area contributed by atoms with Crippen molar-refractivity contribution in [2.45, 2.75) is 32.2 Å². The lowest BCUT2D eigenvalue weighted by Gasteiger charge is -2.31. The molecule has 1 amide bonds. The first-order valence-corrected chi connectivity index (χ1v) is 5.00. The van der Waals surface area contributed by atoms with Crippen molar-refractivity contribution in [3.05, 3.63) is 11.9 Å². The van der Waals surface area contributed by atoms with Gasteiger partial charge in [-0.1, -0.05) is 0 Å². The maximum absolute atomic E-state index is 11.7. The molecule has 0 radical (unpaired) electrons. The molecule has 82 valence electrons. The summed E-state index contributed by atoms with van der Waals surface area (Å²) in [7, 11) is 3.68. The number of allylic oxidation sites excluding steroid dienone is 1. The first-order valence-electron chi connectivity index (χ1n) is 5.00. The molecule has 0 bridgehead atoms. The van der Waals surface area contributed by atoms with Gasteiger partial charge in [-0.2, -0.15) is 5.26 Å². The van der Waals surface area contributed by atoms with Crippen molar-refractivity contribution in [2.24, 2.45) is 0 Å². The van der Waals surface area contributed by atoms with Gasteiger partial charge in [0.2, 0.25) is 5.91 Å². The molecule has 0 N–H and O–H groups in total. The van der Waals surface area contributed by atoms with Gasteiger partial charge >= 0.3 is 0 Å². The molecule has 0 aliphatic carbocycles. The van der Waals surface area contributed by atoms with Crippen molar-refractivity contribution < 1.29 is 4.79 Å². The van der Waals surface area contributed by atoms with E-state index < -0.39 is 0 Å². The van der Waals surface area contributed by atoms with Gasteiger partial charge in [0.25, 0.3) is 0 Å². The van der Waals surface area contributed by atoms with Crippen LogP contribution in [0.25, 0.3) is 0 Å². The third-order valence-electron chi connectivity index (χ3n) is 2.54. The molecule has 1 saturated heterocycles. The van der Waals surface area contributed by atoms with E-state index in [9.17, 15) is 4.79 Å². The van der Waals surface area contributed by atoms with E-state index in [0.29, 0.717) is 12.1 Å². The number of hydrogen-bond acceptors (Lipinski definition) is 3. The van der Waals surface area contributed by atoms with Crippen molar-refractivity contribution in [3.63, 3.8) is 0 Å². The number of nitrogens with zero attached hydrogens (tertiary/aromatic N) is 3. The van der Waals surface area contributed by atoms with Gasteiger partial charge in [-0.3, -0.25) is 9.69 Å². The van der Waals surface area contributed by atoms with E-state index in [1.165, 1.54) is 0 Å². The molecule has 0 spiro atoms. The van der Waals surface area contributed by atoms with Gasteiger partial charge in [0.15, 0.2) is 0 Å². The van der Waals surface area contributed by atoms with Gasteiger partial charge in [-0.25, -0.2) is 0 Å². The van der Waals surface area contributed by atoms with Gasteiger partial charge < -0.3 is 4.90 Å². The van der Waals surface area contributed by atoms with Crippen LogP contribution in [0, 0.1) is 11.3 Å². The predicted octanol–water partition coefficient (Wildman–Crippen LogP) is 1.31. The van der Waals surface area contributed by atoms with Gasteiger partial charge in [-0.15, -0.1) is 0 Å². The molecule has 0 unspecified atom stereocenters. The third-order valence-corrected chi connectivity index (χ3v) is 2.54. The quantitative estimate of drug-likeness (QED) is 0.641. The molecular weight excluding hydrogens is 190 g/mol. The molecule has 0 saturated carbocycles. The molecule has 1 aliphatic rings. The molecule has 0 atom stereocenters. The van der Waals surface area contributed by atoms with Crippen LogP contribution in [0.2, 0.25) is 0 Å². The zero-order chi connectivity index (χ0) is 11.6. The SMILES string of the molecule is CN(C)/C=C(\C#N)N1C(=O)CCC1(C)C. The molecule has 1 heterocycles. The van der Waals surface area contributed by atoms with Crippen molar-refractivity contribution in [3.8, 4) is 6.07 Å². The van der Waals surface area contributed by atoms with Gasteiger partial charge in [0.1, 0.15) is 11.8 Å². The van der Waals surface area contributed by atoms with Gasteiger partial charge in [-0.05, 0) is 20.3 Å². The highest BCUT2D eigenvalue weighted by molar-refractivity contribution is 5.82. The Kier molecular flexibility index (Phi) is 3.04. The number of nitriles is 1. The molecule has 1 fully saturated rings. The summed E-state index contributed by atoms with van der Waals surface area (Å²) in [5, 5.41) is 9.05. The van der Waals surface area contributed by atoms with Crippen LogP contribution in [0.15, 0.2) is 11.9 Å². The maximum Gasteiger partial charge on any atom is 0.228 e. The summed E-state index contributed by atoms with van der Waals surface area (Å²) in [6, 6.07) is 2.09. The molecule has 0 aromatic carbocycles. The molecular formula is C11H17N3O. The van der Waals surface area contributed by atoms with Crippen LogP contribution in [0.4, 0.5) is 0 Å². The largest absolute Gasteiger partial charge is 0.381 e. The minimum Gasteiger partial charge on any atom is -0.381 e. The van der Waals surface area contributed by atoms with Gasteiger partial charge in [0.05, 0.1) is 0 Å². The zero-order valence-corrected chi connectivity index (χ0v) is 9.74. The fourth-order valence-corrected chi connectivity index (χ4v) is 1.82. The van der Waals surface area contributed by atoms with Crippen molar-refractivity contribution in [1.29, 1.82) is 5.26 Å². The third kappa shape index (κ3) is 2.30. The lowest BCUT2D eigenvalue weighted by molar-refractivity contribution is -0.128. The fraction of sp³-hybridized carbons (Fsp3) is 0.636. The number of carbonyl (C=O) groups excluding carboxylic acids is 1. The van der Waals surface area contributed by atoms with Crippen molar-refractivity contribution >= 4 is 5.91 Å². The summed E-state index contributed by atoms with van der Waals surface area (Å²) >= 11 is 0. The Balaban J connectivity index is 3.04. The van der Waals surface area contributed by atoms with E-state index in [1.807, 2.05) is 27.9 Å². The monoisotopic (exact) mass is 207 g/mol. The predicted molar refractivity (Wildman–Crippen MR) is 57.5 cm³/mol. The lowest BCUT2D eigenvalue weighted by Crippen LogP contribution is -2.40. The normalized spacial score (nSPS) is 20.3. The van der Waals surface area contributed by atoms with E-state index in [0.717, 1.165) is 6.42 Å². The summed E-state index contributed by atoms with van der Waals surface area (Å²) in [5.41, 5.74) is 0.182. The van der Waals surface area contributed by atoms with Crippen LogP contribution in [0.3, 0.4) is 0 Å². The fourth-order valence-electron chi connectivity index (χ4n) is 1.82. The van der Waals surface area contributed by atoms with Crippen LogP contribution < -0.4 is 0 Å². The Labute approximate surface area is 90.8 Å². The second kappa shape index (κ2) is 3.93. The molecule has 0 aromatic rings. The molecule has 4 nitrogen and oxygen atoms in total. The Morgan fingerprint density at radius 1 is 1.60 bits per heavy atom. The van der Waals surface area contributed by atoms with Crippen LogP contribution in [-0.2, 0) is 4.79 Å². The van der Waals surface area contributed by atoms with E-state index in [4.69, 9.17) is 5.26 Å². The van der Waals surface area contributed by atoms with E-state index in [-0.39, 0.29) is 11.4 Å². The highest BCUT2D eigenvalue weighted by Gasteiger charge is 2.39. The van der Waals surface area contributed by atoms with Crippen LogP contribution >= 0.6 is 0 Å². The average Bonchev–Trinajstić information content (AvgIpc) is 2.37. The zero-order valence-electron chi connectivity index (χ0n) is 9.74. The maximum atomic E-state index is 11.7. The Hall–Kier alpha value is -1.50. The van der Waals surface area contributed by atoms with Crippen molar-refractivity contribution in [2.75, 3.05) is 14.1 Å². The standard InChI is InChI=1S/C11H17N3O/c1-11(2)6-5-10(15)14(11)9(7-12)8-13(3)4/h8H,5-6H2,1-4H3/b9-8+. The topological polar surface area (TPSA) is 47.3 Å². The second-order valence-electron chi connectivity index (χ2n) is 4.63.